The first-order valence-corrected chi connectivity index (χ1v) is 7.01. The SMILES string of the molecule is COc1ccccc1NCC(=O)N/N=C\c1cccc(Cl)c1. The van der Waals surface area contributed by atoms with E-state index in [9.17, 15) is 4.79 Å². The number of para-hydroxylation sites is 2. The normalized spacial score (nSPS) is 10.5. The molecule has 0 bridgehead atoms. The molecule has 1 amide bonds. The average Bonchev–Trinajstić information content (AvgIpc) is 2.53. The Morgan fingerprint density at radius 1 is 1.27 bits per heavy atom. The number of hydrogen-bond acceptors (Lipinski definition) is 4. The molecular weight excluding hydrogens is 302 g/mol. The van der Waals surface area contributed by atoms with Crippen LogP contribution in [0.5, 0.6) is 5.75 Å². The summed E-state index contributed by atoms with van der Waals surface area (Å²) >= 11 is 5.86. The fourth-order valence-electron chi connectivity index (χ4n) is 1.77. The van der Waals surface area contributed by atoms with Crippen LogP contribution in [0.3, 0.4) is 0 Å². The van der Waals surface area contributed by atoms with Crippen LogP contribution >= 0.6 is 11.6 Å². The van der Waals surface area contributed by atoms with Gasteiger partial charge in [0.15, 0.2) is 0 Å². The number of rotatable bonds is 6. The summed E-state index contributed by atoms with van der Waals surface area (Å²) in [6.45, 7) is 0.0905. The molecule has 0 aliphatic rings. The van der Waals surface area contributed by atoms with Crippen LogP contribution < -0.4 is 15.5 Å². The fourth-order valence-corrected chi connectivity index (χ4v) is 1.97. The average molecular weight is 318 g/mol. The number of nitrogens with one attached hydrogen (secondary N) is 2. The molecule has 0 aliphatic carbocycles. The third kappa shape index (κ3) is 4.79. The fraction of sp³-hybridized carbons (Fsp3) is 0.125. The van der Waals surface area contributed by atoms with E-state index in [4.69, 9.17) is 16.3 Å². The molecular formula is C16H16ClN3O2. The van der Waals surface area contributed by atoms with Crippen LogP contribution in [0, 0.1) is 0 Å². The third-order valence-electron chi connectivity index (χ3n) is 2.80. The topological polar surface area (TPSA) is 62.7 Å². The van der Waals surface area contributed by atoms with Crippen molar-refractivity contribution in [1.29, 1.82) is 0 Å². The predicted octanol–water partition coefficient (Wildman–Crippen LogP) is 2.91. The van der Waals surface area contributed by atoms with Crippen LogP contribution in [-0.4, -0.2) is 25.8 Å². The molecule has 0 fully saturated rings. The van der Waals surface area contributed by atoms with Crippen molar-refractivity contribution < 1.29 is 9.53 Å². The van der Waals surface area contributed by atoms with Crippen LogP contribution in [0.1, 0.15) is 5.56 Å². The van der Waals surface area contributed by atoms with Crippen LogP contribution in [0.2, 0.25) is 5.02 Å². The number of hydrogen-bond donors (Lipinski definition) is 2. The summed E-state index contributed by atoms with van der Waals surface area (Å²) in [6.07, 6.45) is 1.53. The van der Waals surface area contributed by atoms with Gasteiger partial charge in [-0.3, -0.25) is 4.79 Å². The van der Waals surface area contributed by atoms with Gasteiger partial charge in [0.25, 0.3) is 5.91 Å². The van der Waals surface area contributed by atoms with Gasteiger partial charge in [-0.25, -0.2) is 5.43 Å². The first kappa shape index (κ1) is 15.9. The summed E-state index contributed by atoms with van der Waals surface area (Å²) < 4.78 is 5.19. The molecule has 2 aromatic carbocycles. The minimum Gasteiger partial charge on any atom is -0.495 e. The van der Waals surface area contributed by atoms with Crippen molar-refractivity contribution in [3.63, 3.8) is 0 Å². The van der Waals surface area contributed by atoms with Gasteiger partial charge in [-0.2, -0.15) is 5.10 Å². The largest absolute Gasteiger partial charge is 0.495 e. The Morgan fingerprint density at radius 2 is 2.09 bits per heavy atom. The van der Waals surface area contributed by atoms with E-state index in [1.165, 1.54) is 6.21 Å². The molecule has 22 heavy (non-hydrogen) atoms. The smallest absolute Gasteiger partial charge is 0.259 e. The van der Waals surface area contributed by atoms with Gasteiger partial charge in [-0.1, -0.05) is 35.9 Å². The summed E-state index contributed by atoms with van der Waals surface area (Å²) in [4.78, 5) is 11.7. The van der Waals surface area contributed by atoms with Crippen LogP contribution in [0.4, 0.5) is 5.69 Å². The van der Waals surface area contributed by atoms with E-state index < -0.39 is 0 Å². The van der Waals surface area contributed by atoms with E-state index in [0.29, 0.717) is 10.8 Å². The summed E-state index contributed by atoms with van der Waals surface area (Å²) in [5.74, 6) is 0.418. The molecule has 2 N–H and O–H groups in total. The molecule has 0 aliphatic heterocycles. The van der Waals surface area contributed by atoms with E-state index in [1.807, 2.05) is 36.4 Å². The minimum absolute atomic E-state index is 0.0905. The van der Waals surface area contributed by atoms with Crippen molar-refractivity contribution in [3.05, 3.63) is 59.1 Å². The molecule has 0 saturated heterocycles. The van der Waals surface area contributed by atoms with Gasteiger partial charge in [-0.15, -0.1) is 0 Å². The van der Waals surface area contributed by atoms with Gasteiger partial charge in [0.05, 0.1) is 25.6 Å². The molecule has 0 aromatic heterocycles. The number of methoxy groups -OCH3 is 1. The zero-order valence-electron chi connectivity index (χ0n) is 12.0. The summed E-state index contributed by atoms with van der Waals surface area (Å²) in [6, 6.07) is 14.6. The van der Waals surface area contributed by atoms with Gasteiger partial charge in [0, 0.05) is 5.02 Å². The molecule has 0 spiro atoms. The molecule has 0 radical (unpaired) electrons. The lowest BCUT2D eigenvalue weighted by molar-refractivity contribution is -0.119. The Balaban J connectivity index is 1.83. The van der Waals surface area contributed by atoms with Gasteiger partial charge >= 0.3 is 0 Å². The highest BCUT2D eigenvalue weighted by atomic mass is 35.5. The van der Waals surface area contributed by atoms with Gasteiger partial charge in [-0.05, 0) is 29.8 Å². The van der Waals surface area contributed by atoms with E-state index in [2.05, 4.69) is 15.8 Å². The summed E-state index contributed by atoms with van der Waals surface area (Å²) in [5.41, 5.74) is 4.00. The zero-order chi connectivity index (χ0) is 15.8. The lowest BCUT2D eigenvalue weighted by Crippen LogP contribution is -2.26. The first-order chi connectivity index (χ1) is 10.7. The summed E-state index contributed by atoms with van der Waals surface area (Å²) in [5, 5.41) is 7.49. The van der Waals surface area contributed by atoms with Crippen molar-refractivity contribution in [1.82, 2.24) is 5.43 Å². The highest BCUT2D eigenvalue weighted by Gasteiger charge is 2.03. The minimum atomic E-state index is -0.260. The first-order valence-electron chi connectivity index (χ1n) is 6.63. The Kier molecular flexibility index (Phi) is 5.80. The molecule has 2 aromatic rings. The van der Waals surface area contributed by atoms with Gasteiger partial charge in [0.2, 0.25) is 0 Å². The van der Waals surface area contributed by atoms with Crippen LogP contribution in [-0.2, 0) is 4.79 Å². The number of halogens is 1. The quantitative estimate of drug-likeness (QED) is 0.636. The molecule has 0 saturated carbocycles. The van der Waals surface area contributed by atoms with Crippen molar-refractivity contribution in [2.45, 2.75) is 0 Å². The van der Waals surface area contributed by atoms with Crippen molar-refractivity contribution in [2.75, 3.05) is 19.0 Å². The number of benzene rings is 2. The van der Waals surface area contributed by atoms with E-state index in [-0.39, 0.29) is 12.5 Å². The maximum atomic E-state index is 11.7. The zero-order valence-corrected chi connectivity index (χ0v) is 12.8. The Labute approximate surface area is 133 Å². The highest BCUT2D eigenvalue weighted by molar-refractivity contribution is 6.30. The number of anilines is 1. The molecule has 5 nitrogen and oxygen atoms in total. The Morgan fingerprint density at radius 3 is 2.86 bits per heavy atom. The lowest BCUT2D eigenvalue weighted by Gasteiger charge is -2.09. The Bertz CT molecular complexity index is 674. The lowest BCUT2D eigenvalue weighted by atomic mass is 10.2. The molecule has 0 heterocycles. The second kappa shape index (κ2) is 8.05. The van der Waals surface area contributed by atoms with E-state index in [1.54, 1.807) is 19.2 Å². The third-order valence-corrected chi connectivity index (χ3v) is 3.03. The van der Waals surface area contributed by atoms with Crippen molar-refractivity contribution >= 4 is 29.4 Å². The number of carbonyl (C=O) groups is 1. The number of amides is 1. The maximum absolute atomic E-state index is 11.7. The molecule has 0 unspecified atom stereocenters. The standard InChI is InChI=1S/C16H16ClN3O2/c1-22-15-8-3-2-7-14(15)18-11-16(21)20-19-10-12-5-4-6-13(17)9-12/h2-10,18H,11H2,1H3,(H,20,21)/b19-10-. The molecule has 0 atom stereocenters. The molecule has 2 rings (SSSR count). The number of carbonyl (C=O) groups excluding carboxylic acids is 1. The van der Waals surface area contributed by atoms with Crippen LogP contribution in [0.15, 0.2) is 53.6 Å². The number of nitrogens with zero attached hydrogens (tertiary/aromatic N) is 1. The second-order valence-corrected chi connectivity index (χ2v) is 4.84. The van der Waals surface area contributed by atoms with E-state index >= 15 is 0 Å². The van der Waals surface area contributed by atoms with Gasteiger partial charge in [0.1, 0.15) is 5.75 Å². The van der Waals surface area contributed by atoms with Crippen molar-refractivity contribution in [3.8, 4) is 5.75 Å². The molecule has 6 heteroatoms. The van der Waals surface area contributed by atoms with Gasteiger partial charge < -0.3 is 10.1 Å². The number of ether oxygens (including phenoxy) is 1. The Hall–Kier alpha value is -2.53. The van der Waals surface area contributed by atoms with E-state index in [0.717, 1.165) is 11.3 Å². The molecule has 114 valence electrons. The van der Waals surface area contributed by atoms with Crippen LogP contribution in [0.25, 0.3) is 0 Å². The highest BCUT2D eigenvalue weighted by Crippen LogP contribution is 2.22. The number of hydrazone groups is 1. The monoisotopic (exact) mass is 317 g/mol. The summed E-state index contributed by atoms with van der Waals surface area (Å²) in [7, 11) is 1.58. The maximum Gasteiger partial charge on any atom is 0.259 e. The predicted molar refractivity (Wildman–Crippen MR) is 88.7 cm³/mol. The van der Waals surface area contributed by atoms with Crippen molar-refractivity contribution in [2.24, 2.45) is 5.10 Å². The second-order valence-electron chi connectivity index (χ2n) is 4.40.